The Morgan fingerprint density at radius 3 is 2.08 bits per heavy atom. The van der Waals surface area contributed by atoms with Gasteiger partial charge in [-0.2, -0.15) is 9.78 Å². The second kappa shape index (κ2) is 6.20. The van der Waals surface area contributed by atoms with Gasteiger partial charge in [0.25, 0.3) is 0 Å². The van der Waals surface area contributed by atoms with Gasteiger partial charge in [-0.05, 0) is 50.9 Å². The van der Waals surface area contributed by atoms with Crippen molar-refractivity contribution in [1.29, 1.82) is 0 Å². The molecule has 2 unspecified atom stereocenters. The molecule has 4 rings (SSSR count). The molecule has 3 saturated carbocycles. The van der Waals surface area contributed by atoms with Gasteiger partial charge in [-0.3, -0.25) is 0 Å². The van der Waals surface area contributed by atoms with Crippen LogP contribution in [0.1, 0.15) is 71.1 Å². The van der Waals surface area contributed by atoms with Crippen LogP contribution in [-0.4, -0.2) is 35.0 Å². The SMILES string of the molecule is C[C@@]1(C2CC3CCCC(C3)C2)OOC2(CCC(CO)(CO)CC2)O1. The molecule has 4 aliphatic rings. The number of fused-ring (bicyclic) bond motifs is 2. The van der Waals surface area contributed by atoms with E-state index in [2.05, 4.69) is 0 Å². The maximum Gasteiger partial charge on any atom is 0.204 e. The van der Waals surface area contributed by atoms with Crippen LogP contribution in [0.2, 0.25) is 0 Å². The molecule has 2 N–H and O–H groups in total. The topological polar surface area (TPSA) is 68.2 Å². The van der Waals surface area contributed by atoms with E-state index in [0.29, 0.717) is 31.6 Å². The summed E-state index contributed by atoms with van der Waals surface area (Å²) in [5.41, 5.74) is -0.390. The summed E-state index contributed by atoms with van der Waals surface area (Å²) in [7, 11) is 0. The summed E-state index contributed by atoms with van der Waals surface area (Å²) in [6, 6.07) is 0. The van der Waals surface area contributed by atoms with Crippen LogP contribution < -0.4 is 0 Å². The van der Waals surface area contributed by atoms with Gasteiger partial charge < -0.3 is 14.9 Å². The van der Waals surface area contributed by atoms with Gasteiger partial charge in [0.1, 0.15) is 0 Å². The van der Waals surface area contributed by atoms with Crippen molar-refractivity contribution in [2.75, 3.05) is 13.2 Å². The first-order chi connectivity index (χ1) is 11.5. The van der Waals surface area contributed by atoms with Crippen LogP contribution in [0.4, 0.5) is 0 Å². The Morgan fingerprint density at radius 2 is 1.50 bits per heavy atom. The van der Waals surface area contributed by atoms with E-state index in [0.717, 1.165) is 11.8 Å². The van der Waals surface area contributed by atoms with Crippen LogP contribution in [0, 0.1) is 23.2 Å². The van der Waals surface area contributed by atoms with Crippen LogP contribution >= 0.6 is 0 Å². The second-order valence-corrected chi connectivity index (χ2v) is 9.08. The zero-order valence-corrected chi connectivity index (χ0v) is 14.8. The molecule has 0 radical (unpaired) electrons. The van der Waals surface area contributed by atoms with E-state index in [9.17, 15) is 10.2 Å². The summed E-state index contributed by atoms with van der Waals surface area (Å²) in [5, 5.41) is 19.2. The molecule has 4 fully saturated rings. The molecule has 1 heterocycles. The molecule has 0 aromatic heterocycles. The van der Waals surface area contributed by atoms with Gasteiger partial charge in [0.15, 0.2) is 0 Å². The first kappa shape index (κ1) is 17.2. The van der Waals surface area contributed by atoms with Gasteiger partial charge in [0, 0.05) is 24.2 Å². The third-order valence-electron chi connectivity index (χ3n) is 7.36. The summed E-state index contributed by atoms with van der Waals surface area (Å²) in [6.45, 7) is 2.08. The van der Waals surface area contributed by atoms with E-state index >= 15 is 0 Å². The molecular formula is C19H32O5. The molecule has 5 heteroatoms. The second-order valence-electron chi connectivity index (χ2n) is 9.08. The highest BCUT2D eigenvalue weighted by Gasteiger charge is 2.57. The number of ether oxygens (including phenoxy) is 1. The minimum Gasteiger partial charge on any atom is -0.396 e. The molecule has 3 aliphatic carbocycles. The van der Waals surface area contributed by atoms with Crippen molar-refractivity contribution in [3.05, 3.63) is 0 Å². The number of aliphatic hydroxyl groups is 2. The van der Waals surface area contributed by atoms with Gasteiger partial charge in [-0.15, -0.1) is 0 Å². The molecule has 0 amide bonds. The van der Waals surface area contributed by atoms with E-state index in [4.69, 9.17) is 14.5 Å². The van der Waals surface area contributed by atoms with Crippen molar-refractivity contribution in [2.24, 2.45) is 23.2 Å². The molecule has 24 heavy (non-hydrogen) atoms. The Hall–Kier alpha value is -0.200. The first-order valence-electron chi connectivity index (χ1n) is 9.79. The number of aliphatic hydroxyl groups excluding tert-OH is 2. The van der Waals surface area contributed by atoms with Crippen molar-refractivity contribution in [2.45, 2.75) is 82.7 Å². The third-order valence-corrected chi connectivity index (χ3v) is 7.36. The highest BCUT2D eigenvalue weighted by Crippen LogP contribution is 2.54. The lowest BCUT2D eigenvalue weighted by molar-refractivity contribution is -0.363. The van der Waals surface area contributed by atoms with Crippen LogP contribution in [-0.2, 0) is 14.5 Å². The Balaban J connectivity index is 1.42. The van der Waals surface area contributed by atoms with Crippen molar-refractivity contribution in [3.63, 3.8) is 0 Å². The van der Waals surface area contributed by atoms with Crippen molar-refractivity contribution < 1.29 is 24.7 Å². The standard InChI is InChI=1S/C19H32O5/c1-17(16-10-14-3-2-4-15(9-14)11-16)22-19(24-23-17)7-5-18(12-20,13-21)6-8-19/h14-16,20-21H,2-13H2,1H3/t14?,15?,16?,17-/m0/s1. The maximum atomic E-state index is 9.60. The largest absolute Gasteiger partial charge is 0.396 e. The Labute approximate surface area is 144 Å². The van der Waals surface area contributed by atoms with E-state index in [-0.39, 0.29) is 13.2 Å². The number of hydrogen-bond acceptors (Lipinski definition) is 5. The number of hydrogen-bond donors (Lipinski definition) is 2. The Kier molecular flexibility index (Phi) is 4.45. The van der Waals surface area contributed by atoms with Crippen molar-refractivity contribution >= 4 is 0 Å². The van der Waals surface area contributed by atoms with Gasteiger partial charge in [-0.25, -0.2) is 0 Å². The normalized spacial score (nSPS) is 43.9. The molecular weight excluding hydrogens is 308 g/mol. The molecule has 0 aromatic carbocycles. The predicted molar refractivity (Wildman–Crippen MR) is 87.6 cm³/mol. The minimum absolute atomic E-state index is 0.0175. The third kappa shape index (κ3) is 2.92. The average Bonchev–Trinajstić information content (AvgIpc) is 2.94. The fourth-order valence-corrected chi connectivity index (χ4v) is 5.59. The molecule has 1 saturated heterocycles. The molecule has 138 valence electrons. The minimum atomic E-state index is -0.685. The predicted octanol–water partition coefficient (Wildman–Crippen LogP) is 3.14. The quantitative estimate of drug-likeness (QED) is 0.773. The van der Waals surface area contributed by atoms with E-state index in [1.807, 2.05) is 6.92 Å². The van der Waals surface area contributed by atoms with E-state index in [1.165, 1.54) is 38.5 Å². The molecule has 0 aromatic rings. The lowest BCUT2D eigenvalue weighted by Crippen LogP contribution is -2.47. The lowest BCUT2D eigenvalue weighted by atomic mass is 9.66. The van der Waals surface area contributed by atoms with Crippen molar-refractivity contribution in [1.82, 2.24) is 0 Å². The lowest BCUT2D eigenvalue weighted by Gasteiger charge is -2.44. The maximum absolute atomic E-state index is 9.60. The van der Waals surface area contributed by atoms with Gasteiger partial charge in [0.05, 0.1) is 13.2 Å². The smallest absolute Gasteiger partial charge is 0.204 e. The fourth-order valence-electron chi connectivity index (χ4n) is 5.59. The van der Waals surface area contributed by atoms with Crippen molar-refractivity contribution in [3.8, 4) is 0 Å². The van der Waals surface area contributed by atoms with E-state index in [1.54, 1.807) is 0 Å². The zero-order valence-electron chi connectivity index (χ0n) is 14.8. The van der Waals surface area contributed by atoms with Gasteiger partial charge >= 0.3 is 0 Å². The van der Waals surface area contributed by atoms with Gasteiger partial charge in [0.2, 0.25) is 11.6 Å². The summed E-state index contributed by atoms with van der Waals surface area (Å²) in [5.74, 6) is 0.724. The highest BCUT2D eigenvalue weighted by atomic mass is 17.3. The average molecular weight is 340 g/mol. The van der Waals surface area contributed by atoms with Crippen LogP contribution in [0.5, 0.6) is 0 Å². The molecule has 3 atom stereocenters. The molecule has 2 bridgehead atoms. The van der Waals surface area contributed by atoms with Crippen LogP contribution in [0.25, 0.3) is 0 Å². The number of rotatable bonds is 3. The van der Waals surface area contributed by atoms with Crippen LogP contribution in [0.3, 0.4) is 0 Å². The summed E-state index contributed by atoms with van der Waals surface area (Å²) in [6.07, 6.45) is 10.6. The molecule has 1 spiro atoms. The molecule has 1 aliphatic heterocycles. The first-order valence-corrected chi connectivity index (χ1v) is 9.79. The zero-order chi connectivity index (χ0) is 16.8. The fraction of sp³-hybridized carbons (Fsp3) is 1.00. The Morgan fingerprint density at radius 1 is 0.875 bits per heavy atom. The van der Waals surface area contributed by atoms with E-state index < -0.39 is 17.0 Å². The summed E-state index contributed by atoms with van der Waals surface area (Å²) < 4.78 is 6.46. The summed E-state index contributed by atoms with van der Waals surface area (Å²) in [4.78, 5) is 11.6. The Bertz CT molecular complexity index is 441. The van der Waals surface area contributed by atoms with Crippen LogP contribution in [0.15, 0.2) is 0 Å². The summed E-state index contributed by atoms with van der Waals surface area (Å²) >= 11 is 0. The van der Waals surface area contributed by atoms with Gasteiger partial charge in [-0.1, -0.05) is 19.3 Å². The monoisotopic (exact) mass is 340 g/mol. The molecule has 5 nitrogen and oxygen atoms in total. The highest BCUT2D eigenvalue weighted by molar-refractivity contribution is 4.94.